The number of hydrogen-bond acceptors (Lipinski definition) is 4. The average molecular weight is 362 g/mol. The van der Waals surface area contributed by atoms with E-state index in [-0.39, 0.29) is 6.54 Å². The summed E-state index contributed by atoms with van der Waals surface area (Å²) in [7, 11) is -2.04. The molecule has 0 unspecified atom stereocenters. The first-order valence-electron chi connectivity index (χ1n) is 7.69. The number of nitrogens with zero attached hydrogens (tertiary/aromatic N) is 1. The van der Waals surface area contributed by atoms with E-state index in [4.69, 9.17) is 4.74 Å². The maximum absolute atomic E-state index is 12.3. The topological polar surface area (TPSA) is 75.7 Å². The Kier molecular flexibility index (Phi) is 5.69. The van der Waals surface area contributed by atoms with Crippen LogP contribution in [0.5, 0.6) is 5.75 Å². The Morgan fingerprint density at radius 1 is 1.08 bits per heavy atom. The van der Waals surface area contributed by atoms with Gasteiger partial charge in [0, 0.05) is 5.69 Å². The molecule has 0 aliphatic heterocycles. The third-order valence-corrected chi connectivity index (χ3v) is 4.70. The molecule has 0 aromatic heterocycles. The summed E-state index contributed by atoms with van der Waals surface area (Å²) in [6, 6.07) is 12.3. The Morgan fingerprint density at radius 3 is 2.12 bits per heavy atom. The zero-order chi connectivity index (χ0) is 18.6. The minimum absolute atomic E-state index is 0.298. The van der Waals surface area contributed by atoms with Crippen LogP contribution in [0.3, 0.4) is 0 Å². The number of nitrogens with one attached hydrogen (secondary N) is 1. The van der Waals surface area contributed by atoms with Gasteiger partial charge in [0.15, 0.2) is 0 Å². The fourth-order valence-corrected chi connectivity index (χ4v) is 3.34. The van der Waals surface area contributed by atoms with Gasteiger partial charge < -0.3 is 10.1 Å². The van der Waals surface area contributed by atoms with Crippen molar-refractivity contribution in [3.05, 3.63) is 53.6 Å². The molecule has 0 saturated heterocycles. The number of rotatable bonds is 6. The molecule has 1 N–H and O–H groups in total. The van der Waals surface area contributed by atoms with Crippen molar-refractivity contribution >= 4 is 27.3 Å². The molecule has 0 atom stereocenters. The number of aryl methyl sites for hydroxylation is 2. The molecule has 134 valence electrons. The highest BCUT2D eigenvalue weighted by Gasteiger charge is 2.21. The van der Waals surface area contributed by atoms with Gasteiger partial charge in [0.1, 0.15) is 12.3 Å². The van der Waals surface area contributed by atoms with E-state index in [9.17, 15) is 13.2 Å². The summed E-state index contributed by atoms with van der Waals surface area (Å²) >= 11 is 0. The Hall–Kier alpha value is -2.54. The van der Waals surface area contributed by atoms with Crippen LogP contribution in [0.4, 0.5) is 11.4 Å². The summed E-state index contributed by atoms with van der Waals surface area (Å²) in [5.74, 6) is 0.251. The molecule has 2 aromatic carbocycles. The summed E-state index contributed by atoms with van der Waals surface area (Å²) in [5, 5.41) is 2.69. The van der Waals surface area contributed by atoms with Crippen molar-refractivity contribution in [2.75, 3.05) is 29.5 Å². The van der Waals surface area contributed by atoms with E-state index >= 15 is 0 Å². The van der Waals surface area contributed by atoms with Crippen LogP contribution in [-0.2, 0) is 14.8 Å². The van der Waals surface area contributed by atoms with E-state index in [1.54, 1.807) is 43.5 Å². The van der Waals surface area contributed by atoms with E-state index in [0.29, 0.717) is 17.1 Å². The van der Waals surface area contributed by atoms with Crippen LogP contribution < -0.4 is 14.4 Å². The van der Waals surface area contributed by atoms with Gasteiger partial charge >= 0.3 is 0 Å². The summed E-state index contributed by atoms with van der Waals surface area (Å²) in [5.41, 5.74) is 2.91. The number of benzene rings is 2. The van der Waals surface area contributed by atoms with Crippen LogP contribution in [0.1, 0.15) is 11.1 Å². The smallest absolute Gasteiger partial charge is 0.245 e. The van der Waals surface area contributed by atoms with E-state index in [2.05, 4.69) is 5.32 Å². The largest absolute Gasteiger partial charge is 0.497 e. The van der Waals surface area contributed by atoms with Gasteiger partial charge in [-0.15, -0.1) is 0 Å². The Morgan fingerprint density at radius 2 is 1.64 bits per heavy atom. The van der Waals surface area contributed by atoms with Gasteiger partial charge in [-0.3, -0.25) is 9.10 Å². The first-order valence-corrected chi connectivity index (χ1v) is 9.54. The first-order chi connectivity index (χ1) is 11.7. The van der Waals surface area contributed by atoms with Gasteiger partial charge in [-0.2, -0.15) is 0 Å². The quantitative estimate of drug-likeness (QED) is 0.857. The summed E-state index contributed by atoms with van der Waals surface area (Å²) < 4.78 is 30.5. The first kappa shape index (κ1) is 18.8. The van der Waals surface area contributed by atoms with E-state index in [0.717, 1.165) is 21.7 Å². The van der Waals surface area contributed by atoms with E-state index < -0.39 is 15.9 Å². The van der Waals surface area contributed by atoms with Gasteiger partial charge in [0.2, 0.25) is 15.9 Å². The van der Waals surface area contributed by atoms with Crippen molar-refractivity contribution in [1.29, 1.82) is 0 Å². The molecule has 0 aliphatic rings. The molecule has 0 heterocycles. The number of hydrogen-bond donors (Lipinski definition) is 1. The second-order valence-electron chi connectivity index (χ2n) is 5.89. The van der Waals surface area contributed by atoms with Gasteiger partial charge in [-0.25, -0.2) is 8.42 Å². The molecule has 0 bridgehead atoms. The predicted octanol–water partition coefficient (Wildman–Crippen LogP) is 2.72. The Bertz CT molecular complexity index is 841. The molecule has 6 nitrogen and oxygen atoms in total. The maximum atomic E-state index is 12.3. The van der Waals surface area contributed by atoms with Gasteiger partial charge in [-0.1, -0.05) is 6.07 Å². The lowest BCUT2D eigenvalue weighted by Crippen LogP contribution is -2.37. The zero-order valence-corrected chi connectivity index (χ0v) is 15.6. The van der Waals surface area contributed by atoms with Crippen molar-refractivity contribution in [2.45, 2.75) is 13.8 Å². The lowest BCUT2D eigenvalue weighted by molar-refractivity contribution is -0.114. The lowest BCUT2D eigenvalue weighted by Gasteiger charge is -2.22. The zero-order valence-electron chi connectivity index (χ0n) is 14.7. The average Bonchev–Trinajstić information content (AvgIpc) is 2.51. The second-order valence-corrected chi connectivity index (χ2v) is 7.80. The molecule has 0 radical (unpaired) electrons. The van der Waals surface area contributed by atoms with Crippen LogP contribution >= 0.6 is 0 Å². The molecule has 7 heteroatoms. The fourth-order valence-electron chi connectivity index (χ4n) is 2.50. The normalized spacial score (nSPS) is 11.0. The van der Waals surface area contributed by atoms with Gasteiger partial charge in [0.05, 0.1) is 19.1 Å². The van der Waals surface area contributed by atoms with Crippen molar-refractivity contribution in [3.8, 4) is 5.75 Å². The highest BCUT2D eigenvalue weighted by atomic mass is 32.2. The van der Waals surface area contributed by atoms with Crippen LogP contribution in [0, 0.1) is 13.8 Å². The maximum Gasteiger partial charge on any atom is 0.245 e. The van der Waals surface area contributed by atoms with Crippen molar-refractivity contribution in [3.63, 3.8) is 0 Å². The highest BCUT2D eigenvalue weighted by Crippen LogP contribution is 2.21. The molecule has 25 heavy (non-hydrogen) atoms. The minimum atomic E-state index is -3.60. The molecule has 0 saturated carbocycles. The SMILES string of the molecule is COc1ccc(NC(=O)CN(c2cc(C)cc(C)c2)S(C)(=O)=O)cc1. The lowest BCUT2D eigenvalue weighted by atomic mass is 10.1. The number of methoxy groups -OCH3 is 1. The molecule has 0 spiro atoms. The van der Waals surface area contributed by atoms with Crippen molar-refractivity contribution in [2.24, 2.45) is 0 Å². The predicted molar refractivity (Wildman–Crippen MR) is 99.7 cm³/mol. The second kappa shape index (κ2) is 7.57. The number of carbonyl (C=O) groups excluding carboxylic acids is 1. The van der Waals surface area contributed by atoms with Crippen LogP contribution in [0.15, 0.2) is 42.5 Å². The molecular formula is C18H22N2O4S. The number of sulfonamides is 1. The summed E-state index contributed by atoms with van der Waals surface area (Å²) in [4.78, 5) is 12.3. The molecular weight excluding hydrogens is 340 g/mol. The van der Waals surface area contributed by atoms with Gasteiger partial charge in [-0.05, 0) is 61.4 Å². The number of amides is 1. The van der Waals surface area contributed by atoms with Crippen LogP contribution in [-0.4, -0.2) is 34.2 Å². The summed E-state index contributed by atoms with van der Waals surface area (Å²) in [6.45, 7) is 3.47. The third-order valence-electron chi connectivity index (χ3n) is 3.56. The minimum Gasteiger partial charge on any atom is -0.497 e. The van der Waals surface area contributed by atoms with E-state index in [1.165, 1.54) is 0 Å². The Labute approximate surface area is 148 Å². The van der Waals surface area contributed by atoms with Crippen LogP contribution in [0.2, 0.25) is 0 Å². The molecule has 1 amide bonds. The molecule has 0 aliphatic carbocycles. The summed E-state index contributed by atoms with van der Waals surface area (Å²) in [6.07, 6.45) is 1.09. The standard InChI is InChI=1S/C18H22N2O4S/c1-13-9-14(2)11-16(10-13)20(25(4,22)23)12-18(21)19-15-5-7-17(24-3)8-6-15/h5-11H,12H2,1-4H3,(H,19,21). The number of ether oxygens (including phenoxy) is 1. The van der Waals surface area contributed by atoms with Crippen molar-refractivity contribution < 1.29 is 17.9 Å². The third kappa shape index (κ3) is 5.22. The van der Waals surface area contributed by atoms with E-state index in [1.807, 2.05) is 19.9 Å². The van der Waals surface area contributed by atoms with Crippen LogP contribution in [0.25, 0.3) is 0 Å². The Balaban J connectivity index is 2.20. The number of anilines is 2. The monoisotopic (exact) mass is 362 g/mol. The highest BCUT2D eigenvalue weighted by molar-refractivity contribution is 7.92. The molecule has 2 aromatic rings. The van der Waals surface area contributed by atoms with Crippen molar-refractivity contribution in [1.82, 2.24) is 0 Å². The molecule has 0 fully saturated rings. The molecule has 2 rings (SSSR count). The fraction of sp³-hybridized carbons (Fsp3) is 0.278. The van der Waals surface area contributed by atoms with Gasteiger partial charge in [0.25, 0.3) is 0 Å². The number of carbonyl (C=O) groups is 1.